The van der Waals surface area contributed by atoms with E-state index in [9.17, 15) is 29.7 Å². The second-order valence-corrected chi connectivity index (χ2v) is 12.5. The lowest BCUT2D eigenvalue weighted by Gasteiger charge is -2.36. The van der Waals surface area contributed by atoms with Crippen LogP contribution in [-0.2, 0) is 14.4 Å². The first kappa shape index (κ1) is 35.2. The normalized spacial score (nSPS) is 20.7. The van der Waals surface area contributed by atoms with Crippen molar-refractivity contribution < 1.29 is 39.5 Å². The minimum absolute atomic E-state index is 0.0345. The number of carboxylic acids is 1. The lowest BCUT2D eigenvalue weighted by Crippen LogP contribution is -2.40. The van der Waals surface area contributed by atoms with Gasteiger partial charge in [0.25, 0.3) is 0 Å². The Bertz CT molecular complexity index is 1440. The lowest BCUT2D eigenvalue weighted by atomic mass is 9.68. The van der Waals surface area contributed by atoms with Crippen LogP contribution in [0.15, 0.2) is 65.3 Å². The largest absolute Gasteiger partial charge is 0.508 e. The minimum atomic E-state index is -0.990. The summed E-state index contributed by atoms with van der Waals surface area (Å²) in [5.74, 6) is -3.03. The minimum Gasteiger partial charge on any atom is -0.508 e. The summed E-state index contributed by atoms with van der Waals surface area (Å²) in [7, 11) is 0. The number of fused-ring (bicyclic) bond motifs is 1. The Morgan fingerprint density at radius 3 is 2.50 bits per heavy atom. The number of hydrogen-bond donors (Lipinski definition) is 4. The molecule has 2 aromatic carbocycles. The smallest absolute Gasteiger partial charge is 0.303 e. The van der Waals surface area contributed by atoms with Crippen molar-refractivity contribution in [3.63, 3.8) is 0 Å². The number of aromatic hydroxyl groups is 1. The average molecular weight is 654 g/mol. The monoisotopic (exact) mass is 653 g/mol. The number of ether oxygens (including phenoxy) is 1. The van der Waals surface area contributed by atoms with E-state index in [1.165, 1.54) is 11.0 Å². The molecule has 0 unspecified atom stereocenters. The number of unbranched alkanes of at least 4 members (excludes halogenated alkanes) is 2. The number of carboxylic acid groups (broad SMARTS) is 1. The molecule has 1 aliphatic carbocycles. The Balaban J connectivity index is 1.58. The summed E-state index contributed by atoms with van der Waals surface area (Å²) in [6.07, 6.45) is 5.30. The summed E-state index contributed by atoms with van der Waals surface area (Å²) in [4.78, 5) is 39.3. The highest BCUT2D eigenvalue weighted by molar-refractivity contribution is 6.32. The number of halogens is 1. The van der Waals surface area contributed by atoms with Gasteiger partial charge in [-0.3, -0.25) is 19.3 Å². The highest BCUT2D eigenvalue weighted by Crippen LogP contribution is 2.46. The molecule has 4 rings (SSSR count). The van der Waals surface area contributed by atoms with Crippen LogP contribution in [0.3, 0.4) is 0 Å². The number of phenols is 1. The molecule has 0 spiro atoms. The van der Waals surface area contributed by atoms with E-state index in [4.69, 9.17) is 21.4 Å². The fourth-order valence-corrected chi connectivity index (χ4v) is 6.94. The first-order valence-corrected chi connectivity index (χ1v) is 16.5. The van der Waals surface area contributed by atoms with Gasteiger partial charge in [-0.15, -0.1) is 0 Å². The number of carbonyl (C=O) groups excluding carboxylic acids is 2. The molecule has 248 valence electrons. The van der Waals surface area contributed by atoms with Gasteiger partial charge < -0.3 is 25.2 Å². The quantitative estimate of drug-likeness (QED) is 0.0924. The van der Waals surface area contributed by atoms with Gasteiger partial charge in [0.2, 0.25) is 11.8 Å². The predicted octanol–water partition coefficient (Wildman–Crippen LogP) is 6.00. The van der Waals surface area contributed by atoms with Crippen molar-refractivity contribution in [3.8, 4) is 11.5 Å². The molecular formula is C36H44ClNO8. The third-order valence-electron chi connectivity index (χ3n) is 8.91. The molecule has 1 fully saturated rings. The second kappa shape index (κ2) is 16.8. The molecule has 1 aliphatic heterocycles. The number of para-hydroxylation sites is 1. The number of likely N-dealkylation sites (tertiary alicyclic amines) is 1. The third kappa shape index (κ3) is 8.78. The Hall–Kier alpha value is -3.66. The number of nitrogens with zero attached hydrogens (tertiary/aromatic N) is 1. The van der Waals surface area contributed by atoms with Gasteiger partial charge in [0.1, 0.15) is 18.1 Å². The molecule has 4 N–H and O–H groups in total. The molecule has 9 nitrogen and oxygen atoms in total. The van der Waals surface area contributed by atoms with Crippen LogP contribution >= 0.6 is 11.6 Å². The van der Waals surface area contributed by atoms with E-state index < -0.39 is 36.4 Å². The topological polar surface area (TPSA) is 145 Å². The molecule has 0 bridgehead atoms. The molecule has 2 aromatic rings. The zero-order chi connectivity index (χ0) is 33.2. The number of hydrogen-bond acceptors (Lipinski definition) is 7. The summed E-state index contributed by atoms with van der Waals surface area (Å²) < 4.78 is 6.08. The van der Waals surface area contributed by atoms with Gasteiger partial charge in [-0.2, -0.15) is 0 Å². The van der Waals surface area contributed by atoms with Gasteiger partial charge in [-0.25, -0.2) is 0 Å². The predicted molar refractivity (Wildman–Crippen MR) is 175 cm³/mol. The maximum Gasteiger partial charge on any atom is 0.303 e. The van der Waals surface area contributed by atoms with Gasteiger partial charge in [0, 0.05) is 18.9 Å². The number of carbonyl (C=O) groups is 3. The van der Waals surface area contributed by atoms with Gasteiger partial charge in [-0.05, 0) is 85.6 Å². The van der Waals surface area contributed by atoms with Crippen molar-refractivity contribution in [1.29, 1.82) is 0 Å². The molecule has 0 aromatic heterocycles. The Morgan fingerprint density at radius 2 is 1.83 bits per heavy atom. The van der Waals surface area contributed by atoms with Crippen LogP contribution in [0.4, 0.5) is 0 Å². The standard InChI is InChI=1S/C36H44ClNO8/c1-2-9-23(18-24-14-15-26(40)20-30(24)37)13-16-31(41)33-25(22-46-27-10-5-3-6-11-27)19-28-34(29(33)21-39)36(45)38(35(28)44)17-8-4-7-12-32(42)43/h3,5-6,10-11,14-15,18,20,28-29,31,34,39-41H,2,4,7-9,12-13,16-17,19,21-22H2,1H3,(H,42,43)/b23-18+/t28-,29+,31-,34-/m1/s1. The fraction of sp³-hybridized carbons (Fsp3) is 0.472. The Labute approximate surface area is 275 Å². The SMILES string of the molecule is CCC/C(=C\c1ccc(O)cc1Cl)CC[C@@H](O)C1=C(COc2ccccc2)C[C@H]2C(=O)N(CCCCCC(=O)O)C(=O)[C@H]2[C@H]1CO. The summed E-state index contributed by atoms with van der Waals surface area (Å²) in [6.45, 7) is 1.96. The number of amides is 2. The van der Waals surface area contributed by atoms with Crippen LogP contribution in [0.2, 0.25) is 5.02 Å². The molecule has 1 saturated heterocycles. The maximum absolute atomic E-state index is 13.7. The van der Waals surface area contributed by atoms with Crippen molar-refractivity contribution in [1.82, 2.24) is 4.90 Å². The van der Waals surface area contributed by atoms with Gasteiger partial charge >= 0.3 is 5.97 Å². The van der Waals surface area contributed by atoms with Crippen LogP contribution in [0.25, 0.3) is 6.08 Å². The maximum atomic E-state index is 13.7. The lowest BCUT2D eigenvalue weighted by molar-refractivity contribution is -0.141. The van der Waals surface area contributed by atoms with Crippen molar-refractivity contribution in [2.75, 3.05) is 19.8 Å². The zero-order valence-electron chi connectivity index (χ0n) is 26.2. The molecule has 2 aliphatic rings. The molecule has 0 saturated carbocycles. The molecule has 4 atom stereocenters. The summed E-state index contributed by atoms with van der Waals surface area (Å²) >= 11 is 6.36. The van der Waals surface area contributed by atoms with E-state index >= 15 is 0 Å². The van der Waals surface area contributed by atoms with Crippen molar-refractivity contribution >= 4 is 35.5 Å². The van der Waals surface area contributed by atoms with Crippen LogP contribution in [0.5, 0.6) is 11.5 Å². The van der Waals surface area contributed by atoms with Gasteiger partial charge in [-0.1, -0.05) is 61.2 Å². The highest BCUT2D eigenvalue weighted by Gasteiger charge is 2.54. The van der Waals surface area contributed by atoms with E-state index in [2.05, 4.69) is 6.92 Å². The number of aliphatic hydroxyl groups is 2. The number of imide groups is 1. The van der Waals surface area contributed by atoms with Crippen LogP contribution in [0, 0.1) is 17.8 Å². The average Bonchev–Trinajstić information content (AvgIpc) is 3.27. The molecule has 46 heavy (non-hydrogen) atoms. The first-order chi connectivity index (χ1) is 22.1. The van der Waals surface area contributed by atoms with E-state index in [0.29, 0.717) is 54.0 Å². The number of phenolic OH excluding ortho intramolecular Hbond substituents is 1. The molecule has 1 heterocycles. The number of rotatable bonds is 17. The number of allylic oxidation sites excluding steroid dienone is 1. The van der Waals surface area contributed by atoms with Crippen LogP contribution in [0.1, 0.15) is 70.3 Å². The second-order valence-electron chi connectivity index (χ2n) is 12.1. The number of aliphatic hydroxyl groups excluding tert-OH is 2. The fourth-order valence-electron chi connectivity index (χ4n) is 6.71. The van der Waals surface area contributed by atoms with Crippen LogP contribution < -0.4 is 4.74 Å². The molecule has 0 radical (unpaired) electrons. The highest BCUT2D eigenvalue weighted by atomic mass is 35.5. The molecule has 2 amide bonds. The third-order valence-corrected chi connectivity index (χ3v) is 9.24. The number of aliphatic carboxylic acids is 1. The number of benzene rings is 2. The van der Waals surface area contributed by atoms with Gasteiger partial charge in [0.05, 0.1) is 29.6 Å². The summed E-state index contributed by atoms with van der Waals surface area (Å²) in [5.41, 5.74) is 3.10. The summed E-state index contributed by atoms with van der Waals surface area (Å²) in [5, 5.41) is 41.5. The molecular weight excluding hydrogens is 610 g/mol. The van der Waals surface area contributed by atoms with E-state index in [1.807, 2.05) is 36.4 Å². The summed E-state index contributed by atoms with van der Waals surface area (Å²) in [6, 6.07) is 14.0. The van der Waals surface area contributed by atoms with E-state index in [1.54, 1.807) is 12.1 Å². The van der Waals surface area contributed by atoms with Crippen molar-refractivity contribution in [2.45, 2.75) is 70.8 Å². The van der Waals surface area contributed by atoms with E-state index in [-0.39, 0.29) is 43.6 Å². The van der Waals surface area contributed by atoms with Crippen molar-refractivity contribution in [3.05, 3.63) is 75.8 Å². The van der Waals surface area contributed by atoms with Crippen LogP contribution in [-0.4, -0.2) is 69.0 Å². The Kier molecular flexibility index (Phi) is 12.8. The Morgan fingerprint density at radius 1 is 1.07 bits per heavy atom. The van der Waals surface area contributed by atoms with Gasteiger partial charge in [0.15, 0.2) is 0 Å². The zero-order valence-corrected chi connectivity index (χ0v) is 27.0. The van der Waals surface area contributed by atoms with E-state index in [0.717, 1.165) is 24.0 Å². The van der Waals surface area contributed by atoms with Crippen molar-refractivity contribution in [2.24, 2.45) is 17.8 Å². The first-order valence-electron chi connectivity index (χ1n) is 16.1. The molecule has 10 heteroatoms.